The van der Waals surface area contributed by atoms with Crippen molar-refractivity contribution in [1.82, 2.24) is 0 Å². The maximum atomic E-state index is 9.67. The van der Waals surface area contributed by atoms with E-state index < -0.39 is 6.10 Å². The van der Waals surface area contributed by atoms with Crippen LogP contribution in [0.1, 0.15) is 28.3 Å². The van der Waals surface area contributed by atoms with Crippen molar-refractivity contribution < 1.29 is 9.84 Å². The van der Waals surface area contributed by atoms with Crippen LogP contribution in [0.15, 0.2) is 6.07 Å². The van der Waals surface area contributed by atoms with Gasteiger partial charge in [0.05, 0.1) is 6.61 Å². The summed E-state index contributed by atoms with van der Waals surface area (Å²) in [6, 6.07) is 2.03. The average Bonchev–Trinajstić information content (AvgIpc) is 2.43. The van der Waals surface area contributed by atoms with Gasteiger partial charge in [0.2, 0.25) is 0 Å². The summed E-state index contributed by atoms with van der Waals surface area (Å²) in [7, 11) is 0. The van der Waals surface area contributed by atoms with Crippen molar-refractivity contribution >= 4 is 11.3 Å². The van der Waals surface area contributed by atoms with Gasteiger partial charge < -0.3 is 9.84 Å². The molecule has 1 unspecified atom stereocenters. The lowest BCUT2D eigenvalue weighted by Crippen LogP contribution is -2.05. The minimum absolute atomic E-state index is 0.399. The zero-order valence-electron chi connectivity index (χ0n) is 8.33. The molecule has 1 heterocycles. The van der Waals surface area contributed by atoms with E-state index in [1.54, 1.807) is 11.3 Å². The molecule has 2 nitrogen and oxygen atoms in total. The molecule has 0 amide bonds. The summed E-state index contributed by atoms with van der Waals surface area (Å²) in [5.41, 5.74) is 1.25. The Morgan fingerprint density at radius 3 is 2.69 bits per heavy atom. The number of hydrogen-bond donors (Lipinski definition) is 1. The largest absolute Gasteiger partial charge is 0.385 e. The van der Waals surface area contributed by atoms with Crippen molar-refractivity contribution in [1.29, 1.82) is 0 Å². The average molecular weight is 200 g/mol. The van der Waals surface area contributed by atoms with Gasteiger partial charge in [0.25, 0.3) is 0 Å². The second-order valence-electron chi connectivity index (χ2n) is 3.06. The number of hydrogen-bond acceptors (Lipinski definition) is 3. The first kappa shape index (κ1) is 10.7. The van der Waals surface area contributed by atoms with Crippen LogP contribution in [-0.2, 0) is 4.74 Å². The highest BCUT2D eigenvalue weighted by Crippen LogP contribution is 2.26. The number of rotatable bonds is 4. The van der Waals surface area contributed by atoms with E-state index in [1.807, 2.05) is 13.0 Å². The van der Waals surface area contributed by atoms with Gasteiger partial charge in [-0.1, -0.05) is 0 Å². The van der Waals surface area contributed by atoms with E-state index >= 15 is 0 Å². The first-order chi connectivity index (χ1) is 6.15. The van der Waals surface area contributed by atoms with Crippen molar-refractivity contribution in [3.8, 4) is 0 Å². The molecule has 1 aromatic heterocycles. The topological polar surface area (TPSA) is 29.5 Å². The zero-order chi connectivity index (χ0) is 9.84. The highest BCUT2D eigenvalue weighted by Gasteiger charge is 2.11. The van der Waals surface area contributed by atoms with E-state index in [0.29, 0.717) is 13.2 Å². The van der Waals surface area contributed by atoms with Crippen LogP contribution in [0.2, 0.25) is 0 Å². The summed E-state index contributed by atoms with van der Waals surface area (Å²) in [5, 5.41) is 9.67. The fourth-order valence-electron chi connectivity index (χ4n) is 1.08. The lowest BCUT2D eigenvalue weighted by atomic mass is 10.2. The van der Waals surface area contributed by atoms with Gasteiger partial charge in [-0.15, -0.1) is 11.3 Å². The summed E-state index contributed by atoms with van der Waals surface area (Å²) in [6.07, 6.45) is -0.461. The smallest absolute Gasteiger partial charge is 0.111 e. The molecule has 0 aliphatic heterocycles. The van der Waals surface area contributed by atoms with Crippen molar-refractivity contribution in [2.75, 3.05) is 13.2 Å². The molecule has 0 fully saturated rings. The van der Waals surface area contributed by atoms with Gasteiger partial charge in [0.1, 0.15) is 6.10 Å². The Bertz CT molecular complexity index is 248. The van der Waals surface area contributed by atoms with Crippen molar-refractivity contribution in [3.63, 3.8) is 0 Å². The molecule has 0 aliphatic carbocycles. The third kappa shape index (κ3) is 2.79. The number of ether oxygens (including phenoxy) is 1. The van der Waals surface area contributed by atoms with Crippen LogP contribution < -0.4 is 0 Å². The molecule has 0 aromatic carbocycles. The maximum absolute atomic E-state index is 9.67. The van der Waals surface area contributed by atoms with Crippen LogP contribution in [0, 0.1) is 13.8 Å². The van der Waals surface area contributed by atoms with E-state index in [0.717, 1.165) is 4.88 Å². The number of aliphatic hydroxyl groups excluding tert-OH is 1. The van der Waals surface area contributed by atoms with Crippen molar-refractivity contribution in [2.45, 2.75) is 26.9 Å². The summed E-state index contributed by atoms with van der Waals surface area (Å²) in [6.45, 7) is 7.10. The Morgan fingerprint density at radius 1 is 1.54 bits per heavy atom. The maximum Gasteiger partial charge on any atom is 0.111 e. The van der Waals surface area contributed by atoms with Crippen LogP contribution in [0.5, 0.6) is 0 Å². The molecular formula is C10H16O2S. The van der Waals surface area contributed by atoms with Crippen LogP contribution in [0.3, 0.4) is 0 Å². The summed E-state index contributed by atoms with van der Waals surface area (Å²) < 4.78 is 5.16. The predicted octanol–water partition coefficient (Wildman–Crippen LogP) is 2.43. The van der Waals surface area contributed by atoms with Gasteiger partial charge in [-0.25, -0.2) is 0 Å². The van der Waals surface area contributed by atoms with Gasteiger partial charge in [-0.3, -0.25) is 0 Å². The van der Waals surface area contributed by atoms with E-state index in [1.165, 1.54) is 10.4 Å². The Morgan fingerprint density at radius 2 is 2.23 bits per heavy atom. The standard InChI is InChI=1S/C10H16O2S/c1-4-12-6-9(11)10-5-7(2)8(3)13-10/h5,9,11H,4,6H2,1-3H3. The molecule has 74 valence electrons. The van der Waals surface area contributed by atoms with E-state index in [2.05, 4.69) is 13.8 Å². The van der Waals surface area contributed by atoms with Crippen LogP contribution in [0.25, 0.3) is 0 Å². The molecule has 1 aromatic rings. The molecule has 0 saturated heterocycles. The molecule has 0 saturated carbocycles. The quantitative estimate of drug-likeness (QED) is 0.809. The molecule has 1 atom stereocenters. The molecule has 0 radical (unpaired) electrons. The Hall–Kier alpha value is -0.380. The summed E-state index contributed by atoms with van der Waals surface area (Å²) >= 11 is 1.64. The van der Waals surface area contributed by atoms with Crippen LogP contribution >= 0.6 is 11.3 Å². The van der Waals surface area contributed by atoms with Crippen LogP contribution in [-0.4, -0.2) is 18.3 Å². The highest BCUT2D eigenvalue weighted by molar-refractivity contribution is 7.12. The molecule has 0 bridgehead atoms. The summed E-state index contributed by atoms with van der Waals surface area (Å²) in [4.78, 5) is 2.27. The second kappa shape index (κ2) is 4.74. The summed E-state index contributed by atoms with van der Waals surface area (Å²) in [5.74, 6) is 0. The Kier molecular flexibility index (Phi) is 3.90. The van der Waals surface area contributed by atoms with Crippen molar-refractivity contribution in [2.24, 2.45) is 0 Å². The molecule has 3 heteroatoms. The van der Waals surface area contributed by atoms with Crippen LogP contribution in [0.4, 0.5) is 0 Å². The van der Waals surface area contributed by atoms with Gasteiger partial charge in [0, 0.05) is 16.4 Å². The van der Waals surface area contributed by atoms with Gasteiger partial charge >= 0.3 is 0 Å². The normalized spacial score (nSPS) is 13.2. The molecule has 1 rings (SSSR count). The van der Waals surface area contributed by atoms with E-state index in [9.17, 15) is 5.11 Å². The lowest BCUT2D eigenvalue weighted by molar-refractivity contribution is 0.0439. The monoisotopic (exact) mass is 200 g/mol. The molecule has 0 aliphatic rings. The SMILES string of the molecule is CCOCC(O)c1cc(C)c(C)s1. The lowest BCUT2D eigenvalue weighted by Gasteiger charge is -2.07. The fraction of sp³-hybridized carbons (Fsp3) is 0.600. The minimum Gasteiger partial charge on any atom is -0.385 e. The van der Waals surface area contributed by atoms with E-state index in [4.69, 9.17) is 4.74 Å². The van der Waals surface area contributed by atoms with E-state index in [-0.39, 0.29) is 0 Å². The third-order valence-electron chi connectivity index (χ3n) is 1.99. The minimum atomic E-state index is -0.461. The number of aryl methyl sites for hydroxylation is 2. The predicted molar refractivity (Wildman–Crippen MR) is 55.2 cm³/mol. The van der Waals surface area contributed by atoms with Gasteiger partial charge in [0.15, 0.2) is 0 Å². The number of thiophene rings is 1. The van der Waals surface area contributed by atoms with Gasteiger partial charge in [-0.2, -0.15) is 0 Å². The fourth-order valence-corrected chi connectivity index (χ4v) is 2.09. The molecule has 0 spiro atoms. The van der Waals surface area contributed by atoms with Crippen molar-refractivity contribution in [3.05, 3.63) is 21.4 Å². The number of aliphatic hydroxyl groups is 1. The first-order valence-electron chi connectivity index (χ1n) is 4.48. The Labute approximate surface area is 83.2 Å². The first-order valence-corrected chi connectivity index (χ1v) is 5.29. The molecule has 1 N–H and O–H groups in total. The Balaban J connectivity index is 2.60. The third-order valence-corrected chi connectivity index (χ3v) is 3.25. The van der Waals surface area contributed by atoms with Gasteiger partial charge in [-0.05, 0) is 32.4 Å². The zero-order valence-corrected chi connectivity index (χ0v) is 9.15. The molecular weight excluding hydrogens is 184 g/mol. The molecule has 13 heavy (non-hydrogen) atoms. The highest BCUT2D eigenvalue weighted by atomic mass is 32.1. The second-order valence-corrected chi connectivity index (χ2v) is 4.35.